The van der Waals surface area contributed by atoms with E-state index in [1.165, 1.54) is 0 Å². The number of hydrogen-bond acceptors (Lipinski definition) is 2. The van der Waals surface area contributed by atoms with E-state index in [0.717, 1.165) is 5.56 Å². The van der Waals surface area contributed by atoms with E-state index in [1.54, 1.807) is 18.3 Å². The van der Waals surface area contributed by atoms with E-state index in [2.05, 4.69) is 4.98 Å². The molecule has 0 atom stereocenters. The normalized spacial score (nSPS) is 8.27. The highest BCUT2D eigenvalue weighted by Crippen LogP contribution is 1.94. The van der Waals surface area contributed by atoms with E-state index in [1.807, 2.05) is 13.8 Å². The fraction of sp³-hybridized carbons (Fsp3) is 0.375. The fourth-order valence-corrected chi connectivity index (χ4v) is 0.668. The fourth-order valence-electron chi connectivity index (χ4n) is 0.541. The molecule has 0 radical (unpaired) electrons. The van der Waals surface area contributed by atoms with Crippen LogP contribution in [0.3, 0.4) is 0 Å². The van der Waals surface area contributed by atoms with Crippen molar-refractivity contribution in [3.63, 3.8) is 0 Å². The van der Waals surface area contributed by atoms with E-state index < -0.39 is 0 Å². The standard InChI is InChI=1S/C6H7NOS.C2H6/c8-4-5-1-2-6(9)7-3-5;1-2/h1-3,8H,4H2,(H,7,9);1-2H3. The molecule has 1 aromatic heterocycles. The van der Waals surface area contributed by atoms with Gasteiger partial charge in [0.1, 0.15) is 4.64 Å². The van der Waals surface area contributed by atoms with Gasteiger partial charge in [-0.3, -0.25) is 0 Å². The summed E-state index contributed by atoms with van der Waals surface area (Å²) >= 11 is 4.78. The van der Waals surface area contributed by atoms with Gasteiger partial charge in [-0.05, 0) is 11.6 Å². The SMILES string of the molecule is CC.OCc1ccc(=S)[nH]c1. The molecule has 1 heterocycles. The van der Waals surface area contributed by atoms with Crippen LogP contribution in [0, 0.1) is 4.64 Å². The Morgan fingerprint density at radius 2 is 2.09 bits per heavy atom. The van der Waals surface area contributed by atoms with Crippen molar-refractivity contribution >= 4 is 12.2 Å². The van der Waals surface area contributed by atoms with Crippen molar-refractivity contribution in [1.82, 2.24) is 4.98 Å². The molecule has 0 saturated heterocycles. The van der Waals surface area contributed by atoms with Crippen LogP contribution in [0.25, 0.3) is 0 Å². The van der Waals surface area contributed by atoms with Gasteiger partial charge in [0.15, 0.2) is 0 Å². The molecule has 0 fully saturated rings. The second-order valence-corrected chi connectivity index (χ2v) is 2.16. The maximum atomic E-state index is 8.57. The number of aliphatic hydroxyl groups is 1. The summed E-state index contributed by atoms with van der Waals surface area (Å²) < 4.78 is 0.687. The summed E-state index contributed by atoms with van der Waals surface area (Å²) in [5, 5.41) is 8.57. The zero-order valence-corrected chi connectivity index (χ0v) is 7.61. The average Bonchev–Trinajstić information content (AvgIpc) is 2.10. The Balaban J connectivity index is 0.000000461. The molecule has 0 aliphatic rings. The second kappa shape index (κ2) is 6.07. The second-order valence-electron chi connectivity index (χ2n) is 1.72. The van der Waals surface area contributed by atoms with Crippen LogP contribution in [0.5, 0.6) is 0 Å². The molecule has 0 bridgehead atoms. The summed E-state index contributed by atoms with van der Waals surface area (Å²) in [7, 11) is 0. The summed E-state index contributed by atoms with van der Waals surface area (Å²) in [5.41, 5.74) is 0.851. The van der Waals surface area contributed by atoms with Gasteiger partial charge in [0.2, 0.25) is 0 Å². The van der Waals surface area contributed by atoms with E-state index in [4.69, 9.17) is 17.3 Å². The highest BCUT2D eigenvalue weighted by atomic mass is 32.1. The number of hydrogen-bond donors (Lipinski definition) is 2. The van der Waals surface area contributed by atoms with Crippen molar-refractivity contribution in [2.45, 2.75) is 20.5 Å². The minimum Gasteiger partial charge on any atom is -0.392 e. The monoisotopic (exact) mass is 171 g/mol. The number of pyridine rings is 1. The molecule has 2 nitrogen and oxygen atoms in total. The van der Waals surface area contributed by atoms with Crippen molar-refractivity contribution in [3.05, 3.63) is 28.5 Å². The lowest BCUT2D eigenvalue weighted by Crippen LogP contribution is -1.82. The van der Waals surface area contributed by atoms with Gasteiger partial charge in [0, 0.05) is 6.20 Å². The van der Waals surface area contributed by atoms with Gasteiger partial charge in [0.25, 0.3) is 0 Å². The largest absolute Gasteiger partial charge is 0.392 e. The average molecular weight is 171 g/mol. The smallest absolute Gasteiger partial charge is 0.103 e. The number of aromatic nitrogens is 1. The van der Waals surface area contributed by atoms with Crippen LogP contribution < -0.4 is 0 Å². The molecule has 0 aromatic carbocycles. The van der Waals surface area contributed by atoms with E-state index in [-0.39, 0.29) is 6.61 Å². The maximum absolute atomic E-state index is 8.57. The third-order valence-corrected chi connectivity index (χ3v) is 1.29. The lowest BCUT2D eigenvalue weighted by molar-refractivity contribution is 0.281. The topological polar surface area (TPSA) is 36.0 Å². The lowest BCUT2D eigenvalue weighted by Gasteiger charge is -1.91. The van der Waals surface area contributed by atoms with Gasteiger partial charge in [-0.1, -0.05) is 32.1 Å². The van der Waals surface area contributed by atoms with Crippen molar-refractivity contribution in [2.24, 2.45) is 0 Å². The van der Waals surface area contributed by atoms with Gasteiger partial charge in [-0.2, -0.15) is 0 Å². The Hall–Kier alpha value is -0.670. The Morgan fingerprint density at radius 1 is 1.45 bits per heavy atom. The third-order valence-electron chi connectivity index (χ3n) is 1.03. The number of nitrogens with one attached hydrogen (secondary N) is 1. The lowest BCUT2D eigenvalue weighted by atomic mass is 10.3. The van der Waals surface area contributed by atoms with Gasteiger partial charge < -0.3 is 10.1 Å². The van der Waals surface area contributed by atoms with E-state index in [0.29, 0.717) is 4.64 Å². The van der Waals surface area contributed by atoms with Crippen molar-refractivity contribution < 1.29 is 5.11 Å². The first-order chi connectivity index (χ1) is 5.33. The molecule has 0 amide bonds. The van der Waals surface area contributed by atoms with Crippen LogP contribution in [-0.4, -0.2) is 10.1 Å². The highest BCUT2D eigenvalue weighted by Gasteiger charge is 1.83. The summed E-state index contributed by atoms with van der Waals surface area (Å²) in [5.74, 6) is 0. The Bertz CT molecular complexity index is 224. The molecule has 1 aromatic rings. The third kappa shape index (κ3) is 3.91. The van der Waals surface area contributed by atoms with Gasteiger partial charge in [-0.15, -0.1) is 0 Å². The van der Waals surface area contributed by atoms with E-state index in [9.17, 15) is 0 Å². The van der Waals surface area contributed by atoms with Crippen LogP contribution in [0.1, 0.15) is 19.4 Å². The van der Waals surface area contributed by atoms with Crippen LogP contribution in [-0.2, 0) is 6.61 Å². The molecule has 1 rings (SSSR count). The predicted octanol–water partition coefficient (Wildman–Crippen LogP) is 2.26. The van der Waals surface area contributed by atoms with Crippen LogP contribution in [0.2, 0.25) is 0 Å². The van der Waals surface area contributed by atoms with Crippen molar-refractivity contribution in [1.29, 1.82) is 0 Å². The first-order valence-corrected chi connectivity index (χ1v) is 4.02. The van der Waals surface area contributed by atoms with Crippen LogP contribution >= 0.6 is 12.2 Å². The Morgan fingerprint density at radius 3 is 2.45 bits per heavy atom. The molecular formula is C8H13NOS. The molecule has 2 N–H and O–H groups in total. The zero-order chi connectivity index (χ0) is 8.69. The molecule has 3 heteroatoms. The minimum atomic E-state index is 0.0616. The first kappa shape index (κ1) is 10.3. The van der Waals surface area contributed by atoms with Crippen molar-refractivity contribution in [2.75, 3.05) is 0 Å². The van der Waals surface area contributed by atoms with Crippen LogP contribution in [0.4, 0.5) is 0 Å². The molecule has 0 aliphatic carbocycles. The van der Waals surface area contributed by atoms with Gasteiger partial charge in [0.05, 0.1) is 6.61 Å². The molecule has 0 saturated carbocycles. The molecule has 0 spiro atoms. The van der Waals surface area contributed by atoms with Crippen molar-refractivity contribution in [3.8, 4) is 0 Å². The first-order valence-electron chi connectivity index (χ1n) is 3.61. The van der Waals surface area contributed by atoms with Gasteiger partial charge >= 0.3 is 0 Å². The Labute approximate surface area is 71.9 Å². The van der Waals surface area contributed by atoms with Crippen LogP contribution in [0.15, 0.2) is 18.3 Å². The Kier molecular flexibility index (Phi) is 5.70. The summed E-state index contributed by atoms with van der Waals surface area (Å²) in [4.78, 5) is 2.81. The number of H-pyrrole nitrogens is 1. The van der Waals surface area contributed by atoms with E-state index >= 15 is 0 Å². The maximum Gasteiger partial charge on any atom is 0.103 e. The molecule has 0 unspecified atom stereocenters. The molecule has 0 aliphatic heterocycles. The summed E-state index contributed by atoms with van der Waals surface area (Å²) in [6.07, 6.45) is 1.70. The number of aliphatic hydroxyl groups excluding tert-OH is 1. The summed E-state index contributed by atoms with van der Waals surface area (Å²) in [6.45, 7) is 4.06. The number of aromatic amines is 1. The highest BCUT2D eigenvalue weighted by molar-refractivity contribution is 7.71. The molecule has 11 heavy (non-hydrogen) atoms. The summed E-state index contributed by atoms with van der Waals surface area (Å²) in [6, 6.07) is 3.54. The number of rotatable bonds is 1. The zero-order valence-electron chi connectivity index (χ0n) is 6.79. The van der Waals surface area contributed by atoms with Gasteiger partial charge in [-0.25, -0.2) is 0 Å². The quantitative estimate of drug-likeness (QED) is 0.636. The minimum absolute atomic E-state index is 0.0616. The molecular weight excluding hydrogens is 158 g/mol. The molecule has 62 valence electrons. The predicted molar refractivity (Wildman–Crippen MR) is 48.9 cm³/mol.